The van der Waals surface area contributed by atoms with Gasteiger partial charge in [-0.2, -0.15) is 5.10 Å². The van der Waals surface area contributed by atoms with E-state index in [0.717, 1.165) is 17.9 Å². The summed E-state index contributed by atoms with van der Waals surface area (Å²) < 4.78 is 2.15. The van der Waals surface area contributed by atoms with Crippen molar-refractivity contribution in [1.29, 1.82) is 0 Å². The van der Waals surface area contributed by atoms with Crippen LogP contribution in [-0.4, -0.2) is 9.78 Å². The highest BCUT2D eigenvalue weighted by Crippen LogP contribution is 2.30. The molecule has 0 atom stereocenters. The van der Waals surface area contributed by atoms with Crippen molar-refractivity contribution in [3.8, 4) is 22.5 Å². The Kier molecular flexibility index (Phi) is 4.64. The lowest BCUT2D eigenvalue weighted by atomic mass is 10.0. The quantitative estimate of drug-likeness (QED) is 0.428. The Morgan fingerprint density at radius 1 is 0.667 bits per heavy atom. The molecule has 2 heteroatoms. The van der Waals surface area contributed by atoms with Gasteiger partial charge in [0.25, 0.3) is 0 Å². The molecule has 134 valence electrons. The van der Waals surface area contributed by atoms with Crippen LogP contribution in [0.25, 0.3) is 22.5 Å². The third-order valence-electron chi connectivity index (χ3n) is 5.20. The fraction of sp³-hybridized carbons (Fsp3) is 0.160. The van der Waals surface area contributed by atoms with Crippen LogP contribution in [0, 0.1) is 20.8 Å². The minimum atomic E-state index is 0.766. The van der Waals surface area contributed by atoms with Crippen molar-refractivity contribution < 1.29 is 0 Å². The number of rotatable bonds is 4. The van der Waals surface area contributed by atoms with E-state index in [1.807, 2.05) is 0 Å². The first kappa shape index (κ1) is 17.3. The molecule has 0 aliphatic rings. The van der Waals surface area contributed by atoms with Gasteiger partial charge in [-0.05, 0) is 49.1 Å². The van der Waals surface area contributed by atoms with Crippen LogP contribution >= 0.6 is 0 Å². The van der Waals surface area contributed by atoms with Crippen LogP contribution in [0.4, 0.5) is 0 Å². The van der Waals surface area contributed by atoms with Gasteiger partial charge in [-0.15, -0.1) is 0 Å². The summed E-state index contributed by atoms with van der Waals surface area (Å²) in [5, 5.41) is 5.01. The standard InChI is InChI=1S/C25H24N2/c1-18-10-4-7-13-21(18)17-27-25(23-15-9-6-12-20(23)3)16-24(26-27)22-14-8-5-11-19(22)2/h4-16H,17H2,1-3H3. The Balaban J connectivity index is 1.87. The van der Waals surface area contributed by atoms with E-state index in [1.54, 1.807) is 0 Å². The van der Waals surface area contributed by atoms with Gasteiger partial charge in [0, 0.05) is 11.1 Å². The molecule has 0 radical (unpaired) electrons. The Morgan fingerprint density at radius 2 is 1.22 bits per heavy atom. The van der Waals surface area contributed by atoms with Crippen molar-refractivity contribution >= 4 is 0 Å². The van der Waals surface area contributed by atoms with Gasteiger partial charge in [-0.1, -0.05) is 72.8 Å². The van der Waals surface area contributed by atoms with E-state index in [1.165, 1.54) is 33.4 Å². The van der Waals surface area contributed by atoms with E-state index in [4.69, 9.17) is 5.10 Å². The molecule has 0 fully saturated rings. The summed E-state index contributed by atoms with van der Waals surface area (Å²) in [6.45, 7) is 7.23. The van der Waals surface area contributed by atoms with Crippen LogP contribution in [0.5, 0.6) is 0 Å². The van der Waals surface area contributed by atoms with Gasteiger partial charge in [0.15, 0.2) is 0 Å². The molecular formula is C25H24N2. The number of hydrogen-bond donors (Lipinski definition) is 0. The third kappa shape index (κ3) is 3.43. The first-order valence-corrected chi connectivity index (χ1v) is 9.38. The van der Waals surface area contributed by atoms with Crippen LogP contribution in [0.15, 0.2) is 78.9 Å². The smallest absolute Gasteiger partial charge is 0.0932 e. The Bertz CT molecular complexity index is 1090. The van der Waals surface area contributed by atoms with E-state index < -0.39 is 0 Å². The highest BCUT2D eigenvalue weighted by atomic mass is 15.3. The summed E-state index contributed by atoms with van der Waals surface area (Å²) in [5.41, 5.74) is 9.71. The average Bonchev–Trinajstić information content (AvgIpc) is 3.08. The molecule has 0 spiro atoms. The summed E-state index contributed by atoms with van der Waals surface area (Å²) in [4.78, 5) is 0. The molecule has 3 aromatic carbocycles. The lowest BCUT2D eigenvalue weighted by Gasteiger charge is -2.11. The molecule has 0 bridgehead atoms. The van der Waals surface area contributed by atoms with Crippen LogP contribution in [0.2, 0.25) is 0 Å². The zero-order valence-corrected chi connectivity index (χ0v) is 16.1. The van der Waals surface area contributed by atoms with Gasteiger partial charge in [-0.3, -0.25) is 4.68 Å². The molecule has 27 heavy (non-hydrogen) atoms. The first-order valence-electron chi connectivity index (χ1n) is 9.38. The van der Waals surface area contributed by atoms with Crippen molar-refractivity contribution in [2.24, 2.45) is 0 Å². The molecule has 0 aliphatic heterocycles. The van der Waals surface area contributed by atoms with E-state index in [2.05, 4.69) is 104 Å². The Labute approximate surface area is 161 Å². The molecule has 4 rings (SSSR count). The molecule has 0 N–H and O–H groups in total. The maximum atomic E-state index is 5.01. The van der Waals surface area contributed by atoms with E-state index in [-0.39, 0.29) is 0 Å². The predicted molar refractivity (Wildman–Crippen MR) is 113 cm³/mol. The zero-order chi connectivity index (χ0) is 18.8. The van der Waals surface area contributed by atoms with Crippen molar-refractivity contribution in [3.05, 3.63) is 101 Å². The van der Waals surface area contributed by atoms with Crippen LogP contribution < -0.4 is 0 Å². The van der Waals surface area contributed by atoms with Gasteiger partial charge >= 0.3 is 0 Å². The molecule has 4 aromatic rings. The lowest BCUT2D eigenvalue weighted by molar-refractivity contribution is 0.693. The van der Waals surface area contributed by atoms with E-state index in [9.17, 15) is 0 Å². The van der Waals surface area contributed by atoms with Crippen molar-refractivity contribution in [1.82, 2.24) is 9.78 Å². The molecule has 0 amide bonds. The van der Waals surface area contributed by atoms with Crippen molar-refractivity contribution in [2.45, 2.75) is 27.3 Å². The topological polar surface area (TPSA) is 17.8 Å². The monoisotopic (exact) mass is 352 g/mol. The van der Waals surface area contributed by atoms with Crippen LogP contribution in [-0.2, 0) is 6.54 Å². The number of hydrogen-bond acceptors (Lipinski definition) is 1. The molecule has 0 saturated heterocycles. The molecule has 0 unspecified atom stereocenters. The number of benzene rings is 3. The zero-order valence-electron chi connectivity index (χ0n) is 16.1. The average molecular weight is 352 g/mol. The number of nitrogens with zero attached hydrogens (tertiary/aromatic N) is 2. The predicted octanol–water partition coefficient (Wildman–Crippen LogP) is 6.19. The lowest BCUT2D eigenvalue weighted by Crippen LogP contribution is -2.06. The molecular weight excluding hydrogens is 328 g/mol. The second kappa shape index (κ2) is 7.24. The van der Waals surface area contributed by atoms with Crippen molar-refractivity contribution in [3.63, 3.8) is 0 Å². The Hall–Kier alpha value is -3.13. The maximum absolute atomic E-state index is 5.01. The Morgan fingerprint density at radius 3 is 1.85 bits per heavy atom. The molecule has 1 heterocycles. The van der Waals surface area contributed by atoms with Gasteiger partial charge in [0.05, 0.1) is 17.9 Å². The maximum Gasteiger partial charge on any atom is 0.0932 e. The SMILES string of the molecule is Cc1ccccc1Cn1nc(-c2ccccc2C)cc1-c1ccccc1C. The fourth-order valence-corrected chi connectivity index (χ4v) is 3.56. The van der Waals surface area contributed by atoms with Gasteiger partial charge < -0.3 is 0 Å². The fourth-order valence-electron chi connectivity index (χ4n) is 3.56. The highest BCUT2D eigenvalue weighted by Gasteiger charge is 2.15. The summed E-state index contributed by atoms with van der Waals surface area (Å²) in [6.07, 6.45) is 0. The molecule has 2 nitrogen and oxygen atoms in total. The normalized spacial score (nSPS) is 10.9. The summed E-state index contributed by atoms with van der Waals surface area (Å²) >= 11 is 0. The third-order valence-corrected chi connectivity index (χ3v) is 5.20. The molecule has 0 saturated carbocycles. The summed E-state index contributed by atoms with van der Waals surface area (Å²) in [6, 6.07) is 27.7. The van der Waals surface area contributed by atoms with Crippen LogP contribution in [0.1, 0.15) is 22.3 Å². The largest absolute Gasteiger partial charge is 0.260 e. The van der Waals surface area contributed by atoms with Gasteiger partial charge in [0.2, 0.25) is 0 Å². The molecule has 1 aromatic heterocycles. The van der Waals surface area contributed by atoms with Crippen molar-refractivity contribution in [2.75, 3.05) is 0 Å². The first-order chi connectivity index (χ1) is 13.1. The van der Waals surface area contributed by atoms with Gasteiger partial charge in [0.1, 0.15) is 0 Å². The van der Waals surface area contributed by atoms with Crippen LogP contribution in [0.3, 0.4) is 0 Å². The van der Waals surface area contributed by atoms with E-state index in [0.29, 0.717) is 0 Å². The second-order valence-corrected chi connectivity index (χ2v) is 7.13. The summed E-state index contributed by atoms with van der Waals surface area (Å²) in [5.74, 6) is 0. The molecule has 0 aliphatic carbocycles. The second-order valence-electron chi connectivity index (χ2n) is 7.13. The number of aromatic nitrogens is 2. The summed E-state index contributed by atoms with van der Waals surface area (Å²) in [7, 11) is 0. The number of aryl methyl sites for hydroxylation is 3. The van der Waals surface area contributed by atoms with E-state index >= 15 is 0 Å². The minimum Gasteiger partial charge on any atom is -0.260 e. The highest BCUT2D eigenvalue weighted by molar-refractivity contribution is 5.72. The van der Waals surface area contributed by atoms with Gasteiger partial charge in [-0.25, -0.2) is 0 Å². The minimum absolute atomic E-state index is 0.766.